The predicted molar refractivity (Wildman–Crippen MR) is 114 cm³/mol. The second-order valence-electron chi connectivity index (χ2n) is 6.08. The lowest BCUT2D eigenvalue weighted by molar-refractivity contribution is 0.452. The highest BCUT2D eigenvalue weighted by Crippen LogP contribution is 2.42. The number of aromatic hydroxyl groups is 1. The van der Waals surface area contributed by atoms with Gasteiger partial charge in [-0.15, -0.1) is 0 Å². The Morgan fingerprint density at radius 2 is 1.75 bits per heavy atom. The highest BCUT2D eigenvalue weighted by atomic mass is 127. The lowest BCUT2D eigenvalue weighted by atomic mass is 10.0. The topological polar surface area (TPSA) is 66.8 Å². The molecule has 0 aliphatic heterocycles. The van der Waals surface area contributed by atoms with E-state index in [-0.39, 0.29) is 17.8 Å². The Morgan fingerprint density at radius 3 is 2.25 bits per heavy atom. The van der Waals surface area contributed by atoms with Gasteiger partial charge in [0.25, 0.3) is 0 Å². The maximum Gasteiger partial charge on any atom is 0.201 e. The molecule has 2 aromatic rings. The molecule has 0 amide bonds. The van der Waals surface area contributed by atoms with Gasteiger partial charge < -0.3 is 14.7 Å². The van der Waals surface area contributed by atoms with Gasteiger partial charge in [-0.05, 0) is 87.0 Å². The molecule has 7 heteroatoms. The quantitative estimate of drug-likeness (QED) is 0.345. The lowest BCUT2D eigenvalue weighted by Gasteiger charge is -2.15. The second kappa shape index (κ2) is 7.93. The first-order valence-corrected chi connectivity index (χ1v) is 11.8. The van der Waals surface area contributed by atoms with Gasteiger partial charge in [0.2, 0.25) is 7.37 Å². The summed E-state index contributed by atoms with van der Waals surface area (Å²) >= 11 is 4.34. The third-order valence-electron chi connectivity index (χ3n) is 3.37. The zero-order valence-corrected chi connectivity index (χ0v) is 18.8. The van der Waals surface area contributed by atoms with Crippen molar-refractivity contribution in [2.24, 2.45) is 0 Å². The Labute approximate surface area is 169 Å². The van der Waals surface area contributed by atoms with Crippen LogP contribution in [-0.4, -0.2) is 16.7 Å². The Hall–Kier alpha value is -0.310. The van der Waals surface area contributed by atoms with Crippen LogP contribution in [0.2, 0.25) is 0 Å². The summed E-state index contributed by atoms with van der Waals surface area (Å²) in [6.45, 7) is 5.39. The van der Waals surface area contributed by atoms with Crippen LogP contribution in [0.4, 0.5) is 0 Å². The summed E-state index contributed by atoms with van der Waals surface area (Å²) in [6.07, 6.45) is 0.149. The largest absolute Gasteiger partial charge is 0.508 e. The van der Waals surface area contributed by atoms with E-state index in [1.807, 2.05) is 32.0 Å². The highest BCUT2D eigenvalue weighted by molar-refractivity contribution is 14.1. The van der Waals surface area contributed by atoms with Gasteiger partial charge in [0.15, 0.2) is 5.75 Å². The monoisotopic (exact) mass is 572 g/mol. The van der Waals surface area contributed by atoms with E-state index in [0.717, 1.165) is 18.3 Å². The number of hydrogen-bond donors (Lipinski definition) is 2. The van der Waals surface area contributed by atoms with E-state index >= 15 is 0 Å². The van der Waals surface area contributed by atoms with Crippen molar-refractivity contribution in [1.29, 1.82) is 0 Å². The van der Waals surface area contributed by atoms with Crippen molar-refractivity contribution in [3.63, 3.8) is 0 Å². The van der Waals surface area contributed by atoms with Crippen molar-refractivity contribution in [3.05, 3.63) is 48.6 Å². The van der Waals surface area contributed by atoms with Crippen LogP contribution in [0.1, 0.15) is 30.9 Å². The fraction of sp³-hybridized carbons (Fsp3) is 0.294. The van der Waals surface area contributed by atoms with Crippen LogP contribution in [0.5, 0.6) is 17.2 Å². The Kier molecular flexibility index (Phi) is 6.61. The summed E-state index contributed by atoms with van der Waals surface area (Å²) in [7, 11) is -3.11. The molecule has 0 bridgehead atoms. The molecule has 0 heterocycles. The Balaban J connectivity index is 2.34. The van der Waals surface area contributed by atoms with Gasteiger partial charge in [0.05, 0.1) is 7.14 Å². The van der Waals surface area contributed by atoms with Crippen LogP contribution in [-0.2, 0) is 10.7 Å². The number of halogens is 2. The summed E-state index contributed by atoms with van der Waals surface area (Å²) in [5.74, 6) is 1.82. The average Bonchev–Trinajstić information content (AvgIpc) is 2.42. The maximum atomic E-state index is 11.6. The first-order chi connectivity index (χ1) is 11.1. The first-order valence-electron chi connectivity index (χ1n) is 7.35. The van der Waals surface area contributed by atoms with Crippen molar-refractivity contribution >= 4 is 52.6 Å². The first kappa shape index (κ1) is 20.0. The standard InChI is InChI=1S/C17H19I2O4P/c1-10(2)13-8-12(4-5-16(13)20)23-17-14(18)6-11(7-15(17)19)9-24(3,21)22/h4-8,10,20H,9H2,1-3H3,(H,21,22). The molecule has 0 spiro atoms. The number of ether oxygens (including phenoxy) is 1. The van der Waals surface area contributed by atoms with Crippen LogP contribution in [0.15, 0.2) is 30.3 Å². The molecule has 2 aromatic carbocycles. The fourth-order valence-corrected chi connectivity index (χ4v) is 5.29. The predicted octanol–water partition coefficient (Wildman–Crippen LogP) is 5.92. The molecule has 0 radical (unpaired) electrons. The Morgan fingerprint density at radius 1 is 1.17 bits per heavy atom. The molecule has 0 aliphatic rings. The van der Waals surface area contributed by atoms with E-state index in [1.54, 1.807) is 12.1 Å². The van der Waals surface area contributed by atoms with Crippen molar-refractivity contribution < 1.29 is 19.3 Å². The normalized spacial score (nSPS) is 13.8. The molecule has 4 nitrogen and oxygen atoms in total. The minimum atomic E-state index is -3.11. The van der Waals surface area contributed by atoms with Gasteiger partial charge in [-0.1, -0.05) is 13.8 Å². The molecule has 0 saturated heterocycles. The number of phenols is 1. The molecular weight excluding hydrogens is 553 g/mol. The maximum absolute atomic E-state index is 11.6. The van der Waals surface area contributed by atoms with E-state index in [2.05, 4.69) is 45.2 Å². The van der Waals surface area contributed by atoms with Crippen molar-refractivity contribution in [1.82, 2.24) is 0 Å². The fourth-order valence-electron chi connectivity index (χ4n) is 2.32. The summed E-state index contributed by atoms with van der Waals surface area (Å²) in [5.41, 5.74) is 1.65. The minimum absolute atomic E-state index is 0.149. The van der Waals surface area contributed by atoms with Gasteiger partial charge in [-0.25, -0.2) is 0 Å². The van der Waals surface area contributed by atoms with E-state index in [4.69, 9.17) is 4.74 Å². The van der Waals surface area contributed by atoms with Crippen molar-refractivity contribution in [2.75, 3.05) is 6.66 Å². The molecule has 0 aromatic heterocycles. The molecular formula is C17H19I2O4P. The number of hydrogen-bond acceptors (Lipinski definition) is 3. The molecule has 1 unspecified atom stereocenters. The van der Waals surface area contributed by atoms with Gasteiger partial charge in [-0.2, -0.15) is 0 Å². The third kappa shape index (κ3) is 5.34. The van der Waals surface area contributed by atoms with Crippen LogP contribution in [0.25, 0.3) is 0 Å². The summed E-state index contributed by atoms with van der Waals surface area (Å²) in [6, 6.07) is 8.95. The average molecular weight is 572 g/mol. The molecule has 2 rings (SSSR count). The van der Waals surface area contributed by atoms with Crippen LogP contribution in [0.3, 0.4) is 0 Å². The Bertz CT molecular complexity index is 776. The molecule has 2 N–H and O–H groups in total. The molecule has 24 heavy (non-hydrogen) atoms. The molecule has 0 saturated carbocycles. The smallest absolute Gasteiger partial charge is 0.201 e. The summed E-state index contributed by atoms with van der Waals surface area (Å²) < 4.78 is 19.4. The number of phenolic OH excluding ortho intramolecular Hbond substituents is 1. The zero-order valence-electron chi connectivity index (χ0n) is 13.6. The molecule has 1 atom stereocenters. The minimum Gasteiger partial charge on any atom is -0.508 e. The van der Waals surface area contributed by atoms with Gasteiger partial charge in [0.1, 0.15) is 11.5 Å². The van der Waals surface area contributed by atoms with Crippen LogP contribution >= 0.6 is 52.6 Å². The van der Waals surface area contributed by atoms with Crippen molar-refractivity contribution in [2.45, 2.75) is 25.9 Å². The van der Waals surface area contributed by atoms with Crippen LogP contribution in [0, 0.1) is 7.14 Å². The van der Waals surface area contributed by atoms with E-state index in [9.17, 15) is 14.6 Å². The van der Waals surface area contributed by atoms with Gasteiger partial charge in [0, 0.05) is 18.4 Å². The van der Waals surface area contributed by atoms with E-state index in [1.165, 1.54) is 6.66 Å². The van der Waals surface area contributed by atoms with Crippen molar-refractivity contribution in [3.8, 4) is 17.2 Å². The SMILES string of the molecule is CC(C)c1cc(Oc2c(I)cc(CP(C)(=O)O)cc2I)ccc1O. The van der Waals surface area contributed by atoms with Gasteiger partial charge in [-0.3, -0.25) is 4.57 Å². The zero-order chi connectivity index (χ0) is 18.1. The summed E-state index contributed by atoms with van der Waals surface area (Å²) in [4.78, 5) is 9.56. The van der Waals surface area contributed by atoms with E-state index in [0.29, 0.717) is 11.5 Å². The number of rotatable bonds is 5. The third-order valence-corrected chi connectivity index (χ3v) is 5.93. The summed E-state index contributed by atoms with van der Waals surface area (Å²) in [5, 5.41) is 9.92. The molecule has 0 fully saturated rings. The van der Waals surface area contributed by atoms with E-state index < -0.39 is 7.37 Å². The van der Waals surface area contributed by atoms with Crippen LogP contribution < -0.4 is 4.74 Å². The molecule has 130 valence electrons. The van der Waals surface area contributed by atoms with Gasteiger partial charge >= 0.3 is 0 Å². The number of benzene rings is 2. The highest BCUT2D eigenvalue weighted by Gasteiger charge is 2.16. The second-order valence-corrected chi connectivity index (χ2v) is 10.8. The lowest BCUT2D eigenvalue weighted by Crippen LogP contribution is -1.96. The molecule has 0 aliphatic carbocycles.